The molecule has 1 heterocycles. The number of hydrogen-bond acceptors (Lipinski definition) is 4. The van der Waals surface area contributed by atoms with Crippen LogP contribution in [0, 0.1) is 11.3 Å². The average molecular weight is 416 g/mol. The minimum absolute atomic E-state index is 0.378. The van der Waals surface area contributed by atoms with Crippen LogP contribution in [0.25, 0.3) is 5.69 Å². The van der Waals surface area contributed by atoms with Gasteiger partial charge in [-0.05, 0) is 43.9 Å². The molecule has 0 bridgehead atoms. The highest BCUT2D eigenvalue weighted by Crippen LogP contribution is 2.21. The number of nitriles is 1. The maximum atomic E-state index is 9.53. The number of nitrogens with one attached hydrogen (secondary N) is 2. The molecular weight excluding hydrogens is 386 g/mol. The first-order chi connectivity index (χ1) is 15.2. The summed E-state index contributed by atoms with van der Waals surface area (Å²) < 4.78 is 1.63. The van der Waals surface area contributed by atoms with Crippen molar-refractivity contribution in [2.75, 3.05) is 25.4 Å². The van der Waals surface area contributed by atoms with Crippen LogP contribution in [-0.4, -0.2) is 35.4 Å². The SMILES string of the molecule is CCNC(=NCCCc1nn(-c2ccccc2)c(N)c1C#N)NCCc1ccccc1. The van der Waals surface area contributed by atoms with Crippen LogP contribution in [0.1, 0.15) is 30.2 Å². The molecule has 0 saturated heterocycles. The van der Waals surface area contributed by atoms with Gasteiger partial charge in [-0.2, -0.15) is 10.4 Å². The first kappa shape index (κ1) is 21.9. The van der Waals surface area contributed by atoms with Crippen LogP contribution in [0.3, 0.4) is 0 Å². The predicted octanol–water partition coefficient (Wildman–Crippen LogP) is 3.06. The van der Waals surface area contributed by atoms with E-state index < -0.39 is 0 Å². The first-order valence-corrected chi connectivity index (χ1v) is 10.6. The van der Waals surface area contributed by atoms with Gasteiger partial charge in [0.05, 0.1) is 11.4 Å². The molecular formula is C24H29N7. The highest BCUT2D eigenvalue weighted by molar-refractivity contribution is 5.79. The highest BCUT2D eigenvalue weighted by Gasteiger charge is 2.16. The zero-order valence-corrected chi connectivity index (χ0v) is 17.9. The van der Waals surface area contributed by atoms with Gasteiger partial charge in [0.1, 0.15) is 17.5 Å². The van der Waals surface area contributed by atoms with E-state index in [0.717, 1.165) is 37.6 Å². The lowest BCUT2D eigenvalue weighted by Gasteiger charge is -2.11. The topological polar surface area (TPSA) is 104 Å². The average Bonchev–Trinajstić information content (AvgIpc) is 3.13. The van der Waals surface area contributed by atoms with E-state index in [1.165, 1.54) is 5.56 Å². The van der Waals surface area contributed by atoms with Crippen LogP contribution < -0.4 is 16.4 Å². The summed E-state index contributed by atoms with van der Waals surface area (Å²) in [6, 6.07) is 22.2. The number of aryl methyl sites for hydroxylation is 1. The molecule has 0 spiro atoms. The Balaban J connectivity index is 1.56. The minimum Gasteiger partial charge on any atom is -0.382 e. The Morgan fingerprint density at radius 2 is 1.77 bits per heavy atom. The van der Waals surface area contributed by atoms with Gasteiger partial charge in [0.15, 0.2) is 5.96 Å². The molecule has 1 aromatic heterocycles. The van der Waals surface area contributed by atoms with E-state index in [-0.39, 0.29) is 0 Å². The Labute approximate surface area is 183 Å². The fraction of sp³-hybridized carbons (Fsp3) is 0.292. The number of para-hydroxylation sites is 1. The van der Waals surface area contributed by atoms with E-state index in [1.807, 2.05) is 43.3 Å². The van der Waals surface area contributed by atoms with E-state index in [4.69, 9.17) is 5.73 Å². The molecule has 0 fully saturated rings. The van der Waals surface area contributed by atoms with Crippen molar-refractivity contribution in [1.29, 1.82) is 5.26 Å². The molecule has 160 valence electrons. The number of guanidine groups is 1. The second-order valence-electron chi connectivity index (χ2n) is 7.09. The largest absolute Gasteiger partial charge is 0.382 e. The Morgan fingerprint density at radius 3 is 2.45 bits per heavy atom. The minimum atomic E-state index is 0.378. The molecule has 3 rings (SSSR count). The summed E-state index contributed by atoms with van der Waals surface area (Å²) in [5.41, 5.74) is 9.46. The maximum absolute atomic E-state index is 9.53. The molecule has 0 aliphatic rings. The van der Waals surface area contributed by atoms with Crippen molar-refractivity contribution >= 4 is 11.8 Å². The van der Waals surface area contributed by atoms with Crippen molar-refractivity contribution in [1.82, 2.24) is 20.4 Å². The Bertz CT molecular complexity index is 1020. The fourth-order valence-corrected chi connectivity index (χ4v) is 3.29. The molecule has 0 amide bonds. The fourth-order valence-electron chi connectivity index (χ4n) is 3.29. The van der Waals surface area contributed by atoms with Gasteiger partial charge in [-0.15, -0.1) is 0 Å². The molecule has 3 aromatic rings. The molecule has 7 heteroatoms. The number of aromatic nitrogens is 2. The smallest absolute Gasteiger partial charge is 0.191 e. The van der Waals surface area contributed by atoms with Crippen molar-refractivity contribution in [3.63, 3.8) is 0 Å². The van der Waals surface area contributed by atoms with E-state index in [0.29, 0.717) is 30.0 Å². The van der Waals surface area contributed by atoms with Crippen molar-refractivity contribution in [2.24, 2.45) is 4.99 Å². The van der Waals surface area contributed by atoms with Crippen LogP contribution in [0.2, 0.25) is 0 Å². The second kappa shape index (κ2) is 11.4. The number of nitrogen functional groups attached to an aromatic ring is 1. The highest BCUT2D eigenvalue weighted by atomic mass is 15.3. The summed E-state index contributed by atoms with van der Waals surface area (Å²) in [5.74, 6) is 1.18. The van der Waals surface area contributed by atoms with Gasteiger partial charge >= 0.3 is 0 Å². The molecule has 0 saturated carbocycles. The van der Waals surface area contributed by atoms with Gasteiger partial charge in [-0.25, -0.2) is 4.68 Å². The summed E-state index contributed by atoms with van der Waals surface area (Å²) in [7, 11) is 0. The summed E-state index contributed by atoms with van der Waals surface area (Å²) in [6.45, 7) is 4.29. The van der Waals surface area contributed by atoms with Crippen molar-refractivity contribution in [3.8, 4) is 11.8 Å². The van der Waals surface area contributed by atoms with Crippen LogP contribution in [0.15, 0.2) is 65.7 Å². The van der Waals surface area contributed by atoms with Crippen molar-refractivity contribution in [3.05, 3.63) is 77.5 Å². The Morgan fingerprint density at radius 1 is 1.06 bits per heavy atom. The number of hydrogen-bond donors (Lipinski definition) is 3. The third kappa shape index (κ3) is 6.09. The van der Waals surface area contributed by atoms with E-state index in [2.05, 4.69) is 51.1 Å². The molecule has 4 N–H and O–H groups in total. The number of nitrogens with zero attached hydrogens (tertiary/aromatic N) is 4. The van der Waals surface area contributed by atoms with Gasteiger partial charge < -0.3 is 16.4 Å². The Hall–Kier alpha value is -3.79. The Kier molecular flexibility index (Phi) is 8.06. The standard InChI is InChI=1S/C24H29N7/c1-2-27-24(29-17-15-19-10-5-3-6-11-19)28-16-9-14-22-21(18-25)23(26)31(30-22)20-12-7-4-8-13-20/h3-8,10-13H,2,9,14-17,26H2,1H3,(H2,27,28,29). The van der Waals surface area contributed by atoms with Gasteiger partial charge in [-0.1, -0.05) is 48.5 Å². The van der Waals surface area contributed by atoms with Gasteiger partial charge in [0, 0.05) is 19.6 Å². The molecule has 0 unspecified atom stereocenters. The number of nitrogens with two attached hydrogens (primary N) is 1. The van der Waals surface area contributed by atoms with E-state index >= 15 is 0 Å². The van der Waals surface area contributed by atoms with Crippen LogP contribution in [0.5, 0.6) is 0 Å². The molecule has 0 radical (unpaired) electrons. The van der Waals surface area contributed by atoms with Gasteiger partial charge in [-0.3, -0.25) is 4.99 Å². The quantitative estimate of drug-likeness (QED) is 0.283. The van der Waals surface area contributed by atoms with Crippen molar-refractivity contribution < 1.29 is 0 Å². The van der Waals surface area contributed by atoms with Crippen LogP contribution >= 0.6 is 0 Å². The lowest BCUT2D eigenvalue weighted by molar-refractivity contribution is 0.756. The van der Waals surface area contributed by atoms with Crippen LogP contribution in [-0.2, 0) is 12.8 Å². The number of rotatable bonds is 9. The van der Waals surface area contributed by atoms with E-state index in [9.17, 15) is 5.26 Å². The van der Waals surface area contributed by atoms with Gasteiger partial charge in [0.2, 0.25) is 0 Å². The number of benzene rings is 2. The number of anilines is 1. The number of aliphatic imine (C=N–C) groups is 1. The summed E-state index contributed by atoms with van der Waals surface area (Å²) >= 11 is 0. The monoisotopic (exact) mass is 415 g/mol. The van der Waals surface area contributed by atoms with E-state index in [1.54, 1.807) is 4.68 Å². The third-order valence-corrected chi connectivity index (χ3v) is 4.84. The van der Waals surface area contributed by atoms with Crippen LogP contribution in [0.4, 0.5) is 5.82 Å². The summed E-state index contributed by atoms with van der Waals surface area (Å²) in [6.07, 6.45) is 2.35. The molecule has 2 aromatic carbocycles. The normalized spacial score (nSPS) is 11.2. The third-order valence-electron chi connectivity index (χ3n) is 4.84. The van der Waals surface area contributed by atoms with Crippen molar-refractivity contribution in [2.45, 2.75) is 26.2 Å². The second-order valence-corrected chi connectivity index (χ2v) is 7.09. The first-order valence-electron chi connectivity index (χ1n) is 10.6. The molecule has 0 atom stereocenters. The lowest BCUT2D eigenvalue weighted by Crippen LogP contribution is -2.38. The molecule has 0 aliphatic heterocycles. The molecule has 0 aliphatic carbocycles. The molecule has 7 nitrogen and oxygen atoms in total. The summed E-state index contributed by atoms with van der Waals surface area (Å²) in [4.78, 5) is 4.65. The maximum Gasteiger partial charge on any atom is 0.191 e. The zero-order valence-electron chi connectivity index (χ0n) is 17.9. The molecule has 31 heavy (non-hydrogen) atoms. The summed E-state index contributed by atoms with van der Waals surface area (Å²) in [5, 5.41) is 20.8. The lowest BCUT2D eigenvalue weighted by atomic mass is 10.1. The predicted molar refractivity (Wildman–Crippen MR) is 125 cm³/mol. The van der Waals surface area contributed by atoms with Gasteiger partial charge in [0.25, 0.3) is 0 Å². The zero-order chi connectivity index (χ0) is 21.9.